The van der Waals surface area contributed by atoms with Gasteiger partial charge in [-0.05, 0) is 50.2 Å². The molecule has 6 rings (SSSR count). The van der Waals surface area contributed by atoms with Gasteiger partial charge >= 0.3 is 0 Å². The first-order valence-electron chi connectivity index (χ1n) is 11.4. The molecule has 5 heterocycles. The Morgan fingerprint density at radius 2 is 1.94 bits per heavy atom. The highest BCUT2D eigenvalue weighted by Gasteiger charge is 2.18. The lowest BCUT2D eigenvalue weighted by molar-refractivity contribution is 0.156. The van der Waals surface area contributed by atoms with Gasteiger partial charge in [0.2, 0.25) is 5.88 Å². The summed E-state index contributed by atoms with van der Waals surface area (Å²) in [6.45, 7) is 1.81. The fourth-order valence-corrected chi connectivity index (χ4v) is 4.19. The summed E-state index contributed by atoms with van der Waals surface area (Å²) in [4.78, 5) is 17.2. The molecule has 36 heavy (non-hydrogen) atoms. The minimum Gasteiger partial charge on any atom is -0.474 e. The van der Waals surface area contributed by atoms with E-state index in [9.17, 15) is 0 Å². The second kappa shape index (κ2) is 9.51. The molecular weight excluding hydrogens is 487 g/mol. The summed E-state index contributed by atoms with van der Waals surface area (Å²) < 4.78 is 28.7. The summed E-state index contributed by atoms with van der Waals surface area (Å²) in [6.07, 6.45) is 6.40. The summed E-state index contributed by atoms with van der Waals surface area (Å²) in [5, 5.41) is 10.1. The highest BCUT2D eigenvalue weighted by molar-refractivity contribution is 6.32. The zero-order valence-electron chi connectivity index (χ0n) is 18.9. The number of fused-ring (bicyclic) bond motifs is 2. The topological polar surface area (TPSA) is 111 Å². The average molecular weight is 507 g/mol. The molecule has 10 nitrogen and oxygen atoms in total. The number of hydrogen-bond donors (Lipinski definition) is 2. The van der Waals surface area contributed by atoms with Gasteiger partial charge < -0.3 is 20.1 Å². The van der Waals surface area contributed by atoms with Gasteiger partial charge in [-0.15, -0.1) is 0 Å². The molecule has 1 saturated heterocycles. The van der Waals surface area contributed by atoms with Gasteiger partial charge in [-0.2, -0.15) is 5.10 Å². The van der Waals surface area contributed by atoms with Crippen LogP contribution in [0.3, 0.4) is 0 Å². The molecule has 0 radical (unpaired) electrons. The summed E-state index contributed by atoms with van der Waals surface area (Å²) in [5.41, 5.74) is 1.77. The Balaban J connectivity index is 1.26. The lowest BCUT2D eigenvalue weighted by Crippen LogP contribution is -2.34. The molecular formula is C24H20ClFN8O2. The molecule has 1 aliphatic rings. The summed E-state index contributed by atoms with van der Waals surface area (Å²) in [6, 6.07) is 10.0. The van der Waals surface area contributed by atoms with E-state index in [0.717, 1.165) is 25.9 Å². The third-order valence-electron chi connectivity index (χ3n) is 5.81. The van der Waals surface area contributed by atoms with Gasteiger partial charge in [0.15, 0.2) is 17.3 Å². The van der Waals surface area contributed by atoms with Crippen LogP contribution >= 0.6 is 11.6 Å². The second-order valence-electron chi connectivity index (χ2n) is 8.20. The van der Waals surface area contributed by atoms with E-state index in [4.69, 9.17) is 21.1 Å². The number of rotatable bonds is 6. The molecule has 0 atom stereocenters. The Labute approximate surface area is 209 Å². The zero-order valence-corrected chi connectivity index (χ0v) is 19.6. The van der Waals surface area contributed by atoms with Gasteiger partial charge in [-0.3, -0.25) is 0 Å². The number of halogens is 2. The number of aromatic nitrogens is 6. The molecule has 0 bridgehead atoms. The highest BCUT2D eigenvalue weighted by Crippen LogP contribution is 2.36. The second-order valence-corrected chi connectivity index (χ2v) is 8.58. The lowest BCUT2D eigenvalue weighted by Gasteiger charge is -2.23. The molecule has 1 aromatic carbocycles. The van der Waals surface area contributed by atoms with Gasteiger partial charge in [-0.25, -0.2) is 28.8 Å². The van der Waals surface area contributed by atoms with E-state index in [-0.39, 0.29) is 22.6 Å². The third-order valence-corrected chi connectivity index (χ3v) is 6.16. The number of pyridine rings is 2. The fourth-order valence-electron chi connectivity index (χ4n) is 3.99. The average Bonchev–Trinajstić information content (AvgIpc) is 3.37. The Morgan fingerprint density at radius 3 is 2.83 bits per heavy atom. The van der Waals surface area contributed by atoms with Crippen molar-refractivity contribution in [1.82, 2.24) is 34.9 Å². The van der Waals surface area contributed by atoms with Crippen LogP contribution in [-0.4, -0.2) is 48.7 Å². The zero-order chi connectivity index (χ0) is 24.5. The van der Waals surface area contributed by atoms with Crippen LogP contribution in [-0.2, 0) is 0 Å². The predicted octanol–water partition coefficient (Wildman–Crippen LogP) is 4.53. The molecule has 12 heteroatoms. The van der Waals surface area contributed by atoms with Crippen molar-refractivity contribution in [3.8, 4) is 17.4 Å². The Kier molecular flexibility index (Phi) is 5.91. The maximum atomic E-state index is 15.2. The predicted molar refractivity (Wildman–Crippen MR) is 132 cm³/mol. The maximum absolute atomic E-state index is 15.2. The summed E-state index contributed by atoms with van der Waals surface area (Å²) in [7, 11) is 0. The number of anilines is 2. The molecule has 0 spiro atoms. The van der Waals surface area contributed by atoms with Crippen LogP contribution in [0.15, 0.2) is 55.2 Å². The quantitative estimate of drug-likeness (QED) is 0.343. The molecule has 0 saturated carbocycles. The number of hydrogen-bond acceptors (Lipinski definition) is 9. The van der Waals surface area contributed by atoms with Crippen molar-refractivity contribution in [1.29, 1.82) is 0 Å². The van der Waals surface area contributed by atoms with Gasteiger partial charge in [0, 0.05) is 18.3 Å². The summed E-state index contributed by atoms with van der Waals surface area (Å²) >= 11 is 6.32. The maximum Gasteiger partial charge on any atom is 0.214 e. The van der Waals surface area contributed by atoms with E-state index >= 15 is 4.39 Å². The van der Waals surface area contributed by atoms with E-state index in [2.05, 4.69) is 35.7 Å². The molecule has 0 amide bonds. The van der Waals surface area contributed by atoms with Crippen molar-refractivity contribution in [3.05, 3.63) is 66.1 Å². The van der Waals surface area contributed by atoms with Crippen molar-refractivity contribution >= 4 is 39.8 Å². The third kappa shape index (κ3) is 4.45. The largest absolute Gasteiger partial charge is 0.474 e. The van der Waals surface area contributed by atoms with E-state index < -0.39 is 5.82 Å². The first kappa shape index (κ1) is 22.4. The van der Waals surface area contributed by atoms with Crippen LogP contribution in [0.5, 0.6) is 17.4 Å². The molecule has 1 fully saturated rings. The number of nitrogens with one attached hydrogen (secondary N) is 2. The van der Waals surface area contributed by atoms with E-state index in [1.165, 1.54) is 18.7 Å². The van der Waals surface area contributed by atoms with Crippen LogP contribution in [0.1, 0.15) is 12.8 Å². The molecule has 1 aliphatic heterocycles. The van der Waals surface area contributed by atoms with Crippen LogP contribution in [0.25, 0.3) is 16.7 Å². The van der Waals surface area contributed by atoms with Crippen LogP contribution in [0, 0.1) is 5.82 Å². The molecule has 4 aromatic heterocycles. The SMILES string of the molecule is Fc1c(Nc2ncnc3ccc(OC4CCNCC4)nc23)ccc(Oc2ccn3ncnc3c2)c1Cl. The molecule has 182 valence electrons. The van der Waals surface area contributed by atoms with Gasteiger partial charge in [-0.1, -0.05) is 11.6 Å². The van der Waals surface area contributed by atoms with Crippen LogP contribution in [0.4, 0.5) is 15.9 Å². The van der Waals surface area contributed by atoms with E-state index in [1.54, 1.807) is 41.0 Å². The minimum atomic E-state index is -0.688. The van der Waals surface area contributed by atoms with Gasteiger partial charge in [0.1, 0.15) is 40.8 Å². The molecule has 5 aromatic rings. The lowest BCUT2D eigenvalue weighted by atomic mass is 10.1. The van der Waals surface area contributed by atoms with Crippen LogP contribution < -0.4 is 20.1 Å². The Hall–Kier alpha value is -4.09. The van der Waals surface area contributed by atoms with Crippen molar-refractivity contribution in [3.63, 3.8) is 0 Å². The monoisotopic (exact) mass is 506 g/mol. The van der Waals surface area contributed by atoms with Crippen molar-refractivity contribution in [2.45, 2.75) is 18.9 Å². The summed E-state index contributed by atoms with van der Waals surface area (Å²) in [5.74, 6) is 0.721. The standard InChI is InChI=1S/C24H20ClFN8O2/c25-21-18(35-15-7-10-34-19(11-15)29-13-31-34)3-1-16(22(21)26)32-24-23-17(28-12-30-24)2-4-20(33-23)36-14-5-8-27-9-6-14/h1-4,7,10-14,27H,5-6,8-9H2,(H,28,30,32). The van der Waals surface area contributed by atoms with Crippen molar-refractivity contribution < 1.29 is 13.9 Å². The van der Waals surface area contributed by atoms with E-state index in [0.29, 0.717) is 34.1 Å². The number of benzene rings is 1. The molecule has 0 aliphatic carbocycles. The smallest absolute Gasteiger partial charge is 0.214 e. The Bertz CT molecular complexity index is 1560. The van der Waals surface area contributed by atoms with Crippen molar-refractivity contribution in [2.24, 2.45) is 0 Å². The van der Waals surface area contributed by atoms with Crippen LogP contribution in [0.2, 0.25) is 5.02 Å². The van der Waals surface area contributed by atoms with Gasteiger partial charge in [0.25, 0.3) is 0 Å². The first-order chi connectivity index (χ1) is 17.6. The van der Waals surface area contributed by atoms with E-state index in [1.807, 2.05) is 0 Å². The number of piperidine rings is 1. The number of ether oxygens (including phenoxy) is 2. The fraction of sp³-hybridized carbons (Fsp3) is 0.208. The van der Waals surface area contributed by atoms with Crippen molar-refractivity contribution in [2.75, 3.05) is 18.4 Å². The molecule has 2 N–H and O–H groups in total. The molecule has 0 unspecified atom stereocenters. The first-order valence-corrected chi connectivity index (χ1v) is 11.7. The number of nitrogens with zero attached hydrogens (tertiary/aromatic N) is 6. The minimum absolute atomic E-state index is 0.0894. The highest BCUT2D eigenvalue weighted by atomic mass is 35.5. The van der Waals surface area contributed by atoms with Gasteiger partial charge in [0.05, 0.1) is 11.2 Å². The normalized spacial score (nSPS) is 14.3. The Morgan fingerprint density at radius 1 is 1.06 bits per heavy atom.